The van der Waals surface area contributed by atoms with E-state index in [1.807, 2.05) is 0 Å². The van der Waals surface area contributed by atoms with Crippen molar-refractivity contribution >= 4 is 12.6 Å². The standard InChI is InChI=1S/C9H22N2S.BrH/c1-11(2,9-10)7-5-3-4-6-8-12;/h3-10H2,1-2H3;1H. The van der Waals surface area contributed by atoms with Crippen LogP contribution in [0.5, 0.6) is 0 Å². The normalized spacial score (nSPS) is 11.1. The maximum Gasteiger partial charge on any atom is 0.129 e. The lowest BCUT2D eigenvalue weighted by molar-refractivity contribution is -0.890. The molecule has 0 aromatic carbocycles. The molecule has 0 aliphatic carbocycles. The number of nitrogens with two attached hydrogens (primary N) is 1. The molecule has 0 amide bonds. The predicted molar refractivity (Wildman–Crippen MR) is 58.4 cm³/mol. The molecule has 0 aromatic heterocycles. The van der Waals surface area contributed by atoms with Crippen LogP contribution in [-0.2, 0) is 0 Å². The lowest BCUT2D eigenvalue weighted by Crippen LogP contribution is -3.00. The Labute approximate surface area is 98.6 Å². The molecular formula is C9H23BrN2S. The first-order chi connectivity index (χ1) is 5.62. The summed E-state index contributed by atoms with van der Waals surface area (Å²) in [5, 5.41) is 0. The Hall–Kier alpha value is 0.750. The van der Waals surface area contributed by atoms with E-state index in [0.717, 1.165) is 16.9 Å². The van der Waals surface area contributed by atoms with Crippen LogP contribution in [-0.4, -0.2) is 37.5 Å². The van der Waals surface area contributed by atoms with Crippen LogP contribution in [0.25, 0.3) is 0 Å². The Balaban J connectivity index is 0. The summed E-state index contributed by atoms with van der Waals surface area (Å²) in [4.78, 5) is 0. The number of nitrogens with zero attached hydrogens (tertiary/aromatic N) is 1. The third-order valence-corrected chi connectivity index (χ3v) is 2.48. The Bertz CT molecular complexity index is 110. The zero-order valence-corrected chi connectivity index (χ0v) is 11.3. The number of quaternary nitrogens is 1. The van der Waals surface area contributed by atoms with Crippen LogP contribution >= 0.6 is 12.6 Å². The fourth-order valence-corrected chi connectivity index (χ4v) is 1.32. The zero-order valence-electron chi connectivity index (χ0n) is 8.80. The van der Waals surface area contributed by atoms with Gasteiger partial charge in [-0.15, -0.1) is 0 Å². The molecule has 0 aliphatic heterocycles. The molecule has 0 spiro atoms. The number of rotatable bonds is 7. The van der Waals surface area contributed by atoms with E-state index >= 15 is 0 Å². The van der Waals surface area contributed by atoms with Crippen LogP contribution in [0.1, 0.15) is 25.7 Å². The highest BCUT2D eigenvalue weighted by atomic mass is 79.9. The van der Waals surface area contributed by atoms with Gasteiger partial charge in [-0.1, -0.05) is 6.42 Å². The largest absolute Gasteiger partial charge is 1.00 e. The summed E-state index contributed by atoms with van der Waals surface area (Å²) in [6.07, 6.45) is 5.17. The number of halogens is 1. The van der Waals surface area contributed by atoms with E-state index in [1.54, 1.807) is 0 Å². The minimum Gasteiger partial charge on any atom is -1.00 e. The second-order valence-electron chi connectivity index (χ2n) is 3.98. The number of hydrogen-bond donors (Lipinski definition) is 2. The number of hydrogen-bond acceptors (Lipinski definition) is 2. The molecule has 0 fully saturated rings. The van der Waals surface area contributed by atoms with Crippen LogP contribution in [0.3, 0.4) is 0 Å². The molecule has 82 valence electrons. The molecule has 2 nitrogen and oxygen atoms in total. The van der Waals surface area contributed by atoms with Crippen LogP contribution in [0, 0.1) is 0 Å². The van der Waals surface area contributed by atoms with Crippen LogP contribution < -0.4 is 22.7 Å². The topological polar surface area (TPSA) is 26.0 Å². The molecule has 0 unspecified atom stereocenters. The summed E-state index contributed by atoms with van der Waals surface area (Å²) in [5.74, 6) is 1.02. The van der Waals surface area contributed by atoms with Gasteiger partial charge in [0.2, 0.25) is 0 Å². The summed E-state index contributed by atoms with van der Waals surface area (Å²) in [6.45, 7) is 1.94. The molecule has 0 atom stereocenters. The Kier molecular flexibility index (Phi) is 11.6. The third kappa shape index (κ3) is 10.7. The quantitative estimate of drug-likeness (QED) is 0.250. The van der Waals surface area contributed by atoms with Crippen molar-refractivity contribution in [2.45, 2.75) is 25.7 Å². The lowest BCUT2D eigenvalue weighted by Gasteiger charge is -2.27. The van der Waals surface area contributed by atoms with Gasteiger partial charge >= 0.3 is 0 Å². The summed E-state index contributed by atoms with van der Waals surface area (Å²) >= 11 is 4.17. The molecule has 0 saturated carbocycles. The first-order valence-electron chi connectivity index (χ1n) is 4.75. The molecule has 0 aliphatic rings. The van der Waals surface area contributed by atoms with Gasteiger partial charge in [0.1, 0.15) is 6.67 Å². The SMILES string of the molecule is C[N+](C)(CN)CCCCCCS.[Br-]. The summed E-state index contributed by atoms with van der Waals surface area (Å²) < 4.78 is 0.945. The summed E-state index contributed by atoms with van der Waals surface area (Å²) in [5.41, 5.74) is 5.61. The molecule has 0 radical (unpaired) electrons. The van der Waals surface area contributed by atoms with E-state index < -0.39 is 0 Å². The Morgan fingerprint density at radius 2 is 1.62 bits per heavy atom. The van der Waals surface area contributed by atoms with Crippen molar-refractivity contribution in [3.05, 3.63) is 0 Å². The van der Waals surface area contributed by atoms with Gasteiger partial charge in [0.15, 0.2) is 0 Å². The molecular weight excluding hydrogens is 248 g/mol. The van der Waals surface area contributed by atoms with Crippen LogP contribution in [0.4, 0.5) is 0 Å². The third-order valence-electron chi connectivity index (χ3n) is 2.17. The van der Waals surface area contributed by atoms with Crippen molar-refractivity contribution in [3.8, 4) is 0 Å². The lowest BCUT2D eigenvalue weighted by atomic mass is 10.2. The molecule has 0 saturated heterocycles. The van der Waals surface area contributed by atoms with E-state index in [-0.39, 0.29) is 17.0 Å². The molecule has 2 N–H and O–H groups in total. The van der Waals surface area contributed by atoms with E-state index in [1.165, 1.54) is 32.2 Å². The average Bonchev–Trinajstić information content (AvgIpc) is 2.04. The highest BCUT2D eigenvalue weighted by Gasteiger charge is 2.10. The second kappa shape index (κ2) is 9.31. The van der Waals surface area contributed by atoms with E-state index in [2.05, 4.69) is 26.7 Å². The first kappa shape index (κ1) is 16.2. The minimum absolute atomic E-state index is 0. The van der Waals surface area contributed by atoms with Gasteiger partial charge in [-0.25, -0.2) is 0 Å². The van der Waals surface area contributed by atoms with E-state index in [0.29, 0.717) is 0 Å². The number of thiol groups is 1. The number of unbranched alkanes of at least 4 members (excludes halogenated alkanes) is 3. The Morgan fingerprint density at radius 3 is 2.08 bits per heavy atom. The van der Waals surface area contributed by atoms with E-state index in [9.17, 15) is 0 Å². The van der Waals surface area contributed by atoms with Gasteiger partial charge in [0, 0.05) is 0 Å². The first-order valence-corrected chi connectivity index (χ1v) is 5.38. The fourth-order valence-electron chi connectivity index (χ4n) is 1.10. The highest BCUT2D eigenvalue weighted by Crippen LogP contribution is 2.04. The zero-order chi connectivity index (χ0) is 9.45. The van der Waals surface area contributed by atoms with Gasteiger partial charge < -0.3 is 21.5 Å². The van der Waals surface area contributed by atoms with Gasteiger partial charge in [0.05, 0.1) is 20.6 Å². The van der Waals surface area contributed by atoms with Crippen molar-refractivity contribution < 1.29 is 21.5 Å². The van der Waals surface area contributed by atoms with Crippen molar-refractivity contribution in [2.24, 2.45) is 5.73 Å². The molecule has 0 bridgehead atoms. The summed E-state index contributed by atoms with van der Waals surface area (Å²) in [7, 11) is 4.36. The van der Waals surface area contributed by atoms with Crippen LogP contribution in [0.2, 0.25) is 0 Å². The van der Waals surface area contributed by atoms with Gasteiger partial charge in [-0.05, 0) is 25.0 Å². The van der Waals surface area contributed by atoms with Gasteiger partial charge in [0.25, 0.3) is 0 Å². The monoisotopic (exact) mass is 270 g/mol. The summed E-state index contributed by atoms with van der Waals surface area (Å²) in [6, 6.07) is 0. The maximum atomic E-state index is 5.61. The Morgan fingerprint density at radius 1 is 1.08 bits per heavy atom. The molecule has 13 heavy (non-hydrogen) atoms. The average molecular weight is 271 g/mol. The molecule has 0 rings (SSSR count). The maximum absolute atomic E-state index is 5.61. The minimum atomic E-state index is 0. The van der Waals surface area contributed by atoms with Crippen molar-refractivity contribution in [2.75, 3.05) is 33.1 Å². The van der Waals surface area contributed by atoms with Crippen molar-refractivity contribution in [1.29, 1.82) is 0 Å². The van der Waals surface area contributed by atoms with E-state index in [4.69, 9.17) is 5.73 Å². The predicted octanol–water partition coefficient (Wildman–Crippen LogP) is -1.53. The van der Waals surface area contributed by atoms with Crippen molar-refractivity contribution in [1.82, 2.24) is 0 Å². The molecule has 0 aromatic rings. The van der Waals surface area contributed by atoms with Crippen LogP contribution in [0.15, 0.2) is 0 Å². The molecule has 0 heterocycles. The van der Waals surface area contributed by atoms with Crippen molar-refractivity contribution in [3.63, 3.8) is 0 Å². The van der Waals surface area contributed by atoms with Gasteiger partial charge in [-0.2, -0.15) is 12.6 Å². The molecule has 4 heteroatoms. The fraction of sp³-hybridized carbons (Fsp3) is 1.00. The highest BCUT2D eigenvalue weighted by molar-refractivity contribution is 7.80. The second-order valence-corrected chi connectivity index (χ2v) is 4.43. The van der Waals surface area contributed by atoms with Gasteiger partial charge in [-0.3, -0.25) is 5.73 Å². The smallest absolute Gasteiger partial charge is 0.129 e.